The zero-order valence-electron chi connectivity index (χ0n) is 7.63. The first-order valence-corrected chi connectivity index (χ1v) is 5.22. The predicted molar refractivity (Wildman–Crippen MR) is 58.8 cm³/mol. The Morgan fingerprint density at radius 3 is 2.88 bits per heavy atom. The summed E-state index contributed by atoms with van der Waals surface area (Å²) in [4.78, 5) is 18.7. The van der Waals surface area contributed by atoms with Gasteiger partial charge in [-0.1, -0.05) is 11.6 Å². The van der Waals surface area contributed by atoms with Crippen molar-refractivity contribution in [3.63, 3.8) is 0 Å². The molecule has 0 spiro atoms. The van der Waals surface area contributed by atoms with Crippen molar-refractivity contribution in [2.75, 3.05) is 0 Å². The molecule has 0 fully saturated rings. The fraction of sp³-hybridized carbons (Fsp3) is 0. The zero-order chi connectivity index (χ0) is 11.7. The van der Waals surface area contributed by atoms with Gasteiger partial charge in [0.1, 0.15) is 9.76 Å². The number of hydrogen-bond donors (Lipinski definition) is 1. The molecule has 6 nitrogen and oxygen atoms in total. The van der Waals surface area contributed by atoms with Crippen LogP contribution in [0.25, 0.3) is 5.82 Å². The van der Waals surface area contributed by atoms with Crippen LogP contribution in [0.5, 0.6) is 0 Å². The van der Waals surface area contributed by atoms with E-state index in [1.54, 1.807) is 0 Å². The maximum atomic E-state index is 10.9. The maximum Gasteiger partial charge on any atom is 0.354 e. The standard InChI is InChI=1S/C8H4BrClN4O2/c9-5-1-4(8(15)16)14(13-5)7-3-11-2-6(10)12-7/h1-3H,(H,15,16). The van der Waals surface area contributed by atoms with Crippen molar-refractivity contribution in [1.82, 2.24) is 19.7 Å². The van der Waals surface area contributed by atoms with Crippen molar-refractivity contribution < 1.29 is 9.90 Å². The van der Waals surface area contributed by atoms with E-state index >= 15 is 0 Å². The SMILES string of the molecule is O=C(O)c1cc(Br)nn1-c1cncc(Cl)n1. The molecule has 0 aliphatic heterocycles. The summed E-state index contributed by atoms with van der Waals surface area (Å²) in [5, 5.41) is 13.0. The van der Waals surface area contributed by atoms with Gasteiger partial charge in [-0.2, -0.15) is 5.10 Å². The number of carbonyl (C=O) groups is 1. The second-order valence-electron chi connectivity index (χ2n) is 2.77. The average Bonchev–Trinajstić information content (AvgIpc) is 2.60. The molecule has 0 radical (unpaired) electrons. The highest BCUT2D eigenvalue weighted by atomic mass is 79.9. The Morgan fingerprint density at radius 2 is 2.25 bits per heavy atom. The van der Waals surface area contributed by atoms with Crippen LogP contribution in [0, 0.1) is 0 Å². The van der Waals surface area contributed by atoms with Crippen LogP contribution in [-0.4, -0.2) is 30.8 Å². The molecule has 1 N–H and O–H groups in total. The topological polar surface area (TPSA) is 80.9 Å². The number of halogens is 2. The number of aromatic carboxylic acids is 1. The van der Waals surface area contributed by atoms with Crippen LogP contribution in [0.4, 0.5) is 0 Å². The summed E-state index contributed by atoms with van der Waals surface area (Å²) in [6.07, 6.45) is 2.72. The first-order chi connectivity index (χ1) is 7.58. The van der Waals surface area contributed by atoms with Gasteiger partial charge in [-0.15, -0.1) is 0 Å². The van der Waals surface area contributed by atoms with Crippen LogP contribution in [0.2, 0.25) is 5.15 Å². The van der Waals surface area contributed by atoms with Crippen LogP contribution in [0.3, 0.4) is 0 Å². The van der Waals surface area contributed by atoms with E-state index in [1.807, 2.05) is 0 Å². The van der Waals surface area contributed by atoms with E-state index in [4.69, 9.17) is 16.7 Å². The summed E-state index contributed by atoms with van der Waals surface area (Å²) >= 11 is 8.75. The number of rotatable bonds is 2. The summed E-state index contributed by atoms with van der Waals surface area (Å²) < 4.78 is 1.54. The summed E-state index contributed by atoms with van der Waals surface area (Å²) in [5.74, 6) is -0.865. The third-order valence-corrected chi connectivity index (χ3v) is 2.28. The molecule has 0 unspecified atom stereocenters. The molecular weight excluding hydrogens is 299 g/mol. The number of carboxylic acids is 1. The Balaban J connectivity index is 2.59. The second kappa shape index (κ2) is 4.18. The Bertz CT molecular complexity index is 557. The second-order valence-corrected chi connectivity index (χ2v) is 3.97. The monoisotopic (exact) mass is 302 g/mol. The van der Waals surface area contributed by atoms with Crippen LogP contribution in [0.1, 0.15) is 10.5 Å². The Kier molecular flexibility index (Phi) is 2.88. The lowest BCUT2D eigenvalue weighted by atomic mass is 10.4. The van der Waals surface area contributed by atoms with E-state index in [2.05, 4.69) is 31.0 Å². The molecule has 0 bridgehead atoms. The van der Waals surface area contributed by atoms with Gasteiger partial charge in [0.05, 0.1) is 12.4 Å². The first kappa shape index (κ1) is 11.0. The lowest BCUT2D eigenvalue weighted by molar-refractivity contribution is 0.0687. The minimum Gasteiger partial charge on any atom is -0.477 e. The van der Waals surface area contributed by atoms with Crippen molar-refractivity contribution in [2.45, 2.75) is 0 Å². The number of carboxylic acid groups (broad SMARTS) is 1. The Labute approximate surface area is 103 Å². The predicted octanol–water partition coefficient (Wildman–Crippen LogP) is 1.78. The molecule has 0 aromatic carbocycles. The van der Waals surface area contributed by atoms with Crippen molar-refractivity contribution in [3.05, 3.63) is 33.9 Å². The van der Waals surface area contributed by atoms with E-state index in [9.17, 15) is 4.79 Å². The van der Waals surface area contributed by atoms with Gasteiger partial charge in [0.25, 0.3) is 0 Å². The van der Waals surface area contributed by atoms with Gasteiger partial charge >= 0.3 is 5.97 Å². The van der Waals surface area contributed by atoms with Gasteiger partial charge < -0.3 is 5.11 Å². The Morgan fingerprint density at radius 1 is 1.50 bits per heavy atom. The zero-order valence-corrected chi connectivity index (χ0v) is 9.97. The molecule has 82 valence electrons. The molecule has 0 aliphatic rings. The normalized spacial score (nSPS) is 10.4. The maximum absolute atomic E-state index is 10.9. The van der Waals surface area contributed by atoms with E-state index in [0.717, 1.165) is 4.68 Å². The number of hydrogen-bond acceptors (Lipinski definition) is 4. The van der Waals surface area contributed by atoms with E-state index < -0.39 is 5.97 Å². The number of nitrogens with zero attached hydrogens (tertiary/aromatic N) is 4. The van der Waals surface area contributed by atoms with Gasteiger partial charge in [-0.25, -0.2) is 14.5 Å². The Hall–Kier alpha value is -1.47. The summed E-state index contributed by atoms with van der Waals surface area (Å²) in [7, 11) is 0. The highest BCUT2D eigenvalue weighted by Gasteiger charge is 2.15. The smallest absolute Gasteiger partial charge is 0.354 e. The quantitative estimate of drug-likeness (QED) is 0.914. The third kappa shape index (κ3) is 2.05. The van der Waals surface area contributed by atoms with Crippen molar-refractivity contribution in [1.29, 1.82) is 0 Å². The van der Waals surface area contributed by atoms with Gasteiger partial charge in [-0.3, -0.25) is 4.98 Å². The van der Waals surface area contributed by atoms with Crippen LogP contribution in [0.15, 0.2) is 23.1 Å². The molecule has 0 amide bonds. The van der Waals surface area contributed by atoms with E-state index in [-0.39, 0.29) is 16.7 Å². The fourth-order valence-electron chi connectivity index (χ4n) is 1.11. The summed E-state index contributed by atoms with van der Waals surface area (Å²) in [6.45, 7) is 0. The molecule has 2 aromatic heterocycles. The van der Waals surface area contributed by atoms with Crippen LogP contribution >= 0.6 is 27.5 Å². The first-order valence-electron chi connectivity index (χ1n) is 4.04. The lowest BCUT2D eigenvalue weighted by Crippen LogP contribution is -2.09. The molecule has 0 saturated carbocycles. The molecule has 2 heterocycles. The van der Waals surface area contributed by atoms with Crippen molar-refractivity contribution in [2.24, 2.45) is 0 Å². The molecule has 0 aliphatic carbocycles. The fourth-order valence-corrected chi connectivity index (χ4v) is 1.63. The van der Waals surface area contributed by atoms with Crippen LogP contribution < -0.4 is 0 Å². The highest BCUT2D eigenvalue weighted by molar-refractivity contribution is 9.10. The molecule has 2 aromatic rings. The van der Waals surface area contributed by atoms with E-state index in [0.29, 0.717) is 4.60 Å². The van der Waals surface area contributed by atoms with Gasteiger partial charge in [0, 0.05) is 6.07 Å². The number of aromatic nitrogens is 4. The third-order valence-electron chi connectivity index (χ3n) is 1.71. The lowest BCUT2D eigenvalue weighted by Gasteiger charge is -2.02. The van der Waals surface area contributed by atoms with Gasteiger partial charge in [0.15, 0.2) is 11.5 Å². The van der Waals surface area contributed by atoms with Crippen molar-refractivity contribution >= 4 is 33.5 Å². The molecular formula is C8H4BrClN4O2. The van der Waals surface area contributed by atoms with Gasteiger partial charge in [-0.05, 0) is 15.9 Å². The largest absolute Gasteiger partial charge is 0.477 e. The van der Waals surface area contributed by atoms with Crippen LogP contribution in [-0.2, 0) is 0 Å². The average molecular weight is 304 g/mol. The molecule has 0 saturated heterocycles. The minimum absolute atomic E-state index is 0.0246. The molecule has 16 heavy (non-hydrogen) atoms. The molecule has 0 atom stereocenters. The van der Waals surface area contributed by atoms with Crippen molar-refractivity contribution in [3.8, 4) is 5.82 Å². The minimum atomic E-state index is -1.11. The van der Waals surface area contributed by atoms with Gasteiger partial charge in [0.2, 0.25) is 0 Å². The van der Waals surface area contributed by atoms with E-state index in [1.165, 1.54) is 18.5 Å². The summed E-state index contributed by atoms with van der Waals surface area (Å²) in [5.41, 5.74) is -0.0246. The highest BCUT2D eigenvalue weighted by Crippen LogP contribution is 2.15. The molecule has 2 rings (SSSR count). The molecule has 8 heteroatoms. The summed E-state index contributed by atoms with van der Waals surface area (Å²) in [6, 6.07) is 1.37.